The number of aryl methyl sites for hydroxylation is 1. The molecule has 0 heteroatoms. The van der Waals surface area contributed by atoms with Crippen LogP contribution in [0.1, 0.15) is 5.56 Å². The molecule has 0 atom stereocenters. The zero-order valence-corrected chi connectivity index (χ0v) is 22.9. The molecule has 0 unspecified atom stereocenters. The van der Waals surface area contributed by atoms with E-state index >= 15 is 0 Å². The van der Waals surface area contributed by atoms with E-state index in [4.69, 9.17) is 0 Å². The fourth-order valence-electron chi connectivity index (χ4n) is 6.46. The molecule has 0 aliphatic heterocycles. The minimum atomic E-state index is 1.23. The first-order valence-electron chi connectivity index (χ1n) is 14.3. The highest BCUT2D eigenvalue weighted by molar-refractivity contribution is 6.27. The van der Waals surface area contributed by atoms with E-state index in [0.717, 1.165) is 0 Å². The van der Waals surface area contributed by atoms with Gasteiger partial charge in [-0.05, 0) is 83.7 Å². The van der Waals surface area contributed by atoms with Crippen LogP contribution >= 0.6 is 0 Å². The van der Waals surface area contributed by atoms with Crippen LogP contribution in [-0.2, 0) is 0 Å². The molecular formula is C41H28. The van der Waals surface area contributed by atoms with Gasteiger partial charge in [0.05, 0.1) is 0 Å². The average molecular weight is 521 g/mol. The molecule has 0 spiro atoms. The second-order valence-corrected chi connectivity index (χ2v) is 11.0. The van der Waals surface area contributed by atoms with Gasteiger partial charge in [0.1, 0.15) is 0 Å². The average Bonchev–Trinajstić information content (AvgIpc) is 3.04. The van der Waals surface area contributed by atoms with Crippen LogP contribution in [0.5, 0.6) is 0 Å². The van der Waals surface area contributed by atoms with Gasteiger partial charge in [-0.1, -0.05) is 157 Å². The summed E-state index contributed by atoms with van der Waals surface area (Å²) in [5, 5.41) is 7.88. The van der Waals surface area contributed by atoms with E-state index < -0.39 is 0 Å². The predicted octanol–water partition coefficient (Wildman–Crippen LogP) is 11.6. The van der Waals surface area contributed by atoms with Crippen LogP contribution in [-0.4, -0.2) is 0 Å². The van der Waals surface area contributed by atoms with Gasteiger partial charge in [-0.15, -0.1) is 0 Å². The molecule has 0 radical (unpaired) electrons. The molecule has 0 amide bonds. The van der Waals surface area contributed by atoms with Gasteiger partial charge < -0.3 is 0 Å². The van der Waals surface area contributed by atoms with Crippen molar-refractivity contribution >= 4 is 32.3 Å². The van der Waals surface area contributed by atoms with E-state index in [9.17, 15) is 0 Å². The minimum absolute atomic E-state index is 1.23. The molecule has 0 N–H and O–H groups in total. The summed E-state index contributed by atoms with van der Waals surface area (Å²) in [6.45, 7) is 2.14. The van der Waals surface area contributed by atoms with Gasteiger partial charge in [0.2, 0.25) is 0 Å². The van der Waals surface area contributed by atoms with Crippen LogP contribution < -0.4 is 0 Å². The van der Waals surface area contributed by atoms with Gasteiger partial charge >= 0.3 is 0 Å². The van der Waals surface area contributed by atoms with E-state index in [1.165, 1.54) is 82.4 Å². The highest BCUT2D eigenvalue weighted by atomic mass is 14.2. The Balaban J connectivity index is 1.32. The van der Waals surface area contributed by atoms with Gasteiger partial charge in [0, 0.05) is 0 Å². The fourth-order valence-corrected chi connectivity index (χ4v) is 6.46. The van der Waals surface area contributed by atoms with Crippen molar-refractivity contribution in [2.24, 2.45) is 0 Å². The number of hydrogen-bond donors (Lipinski definition) is 0. The van der Waals surface area contributed by atoms with Crippen molar-refractivity contribution in [2.45, 2.75) is 6.92 Å². The second kappa shape index (κ2) is 9.47. The van der Waals surface area contributed by atoms with Crippen LogP contribution in [0.25, 0.3) is 76.8 Å². The van der Waals surface area contributed by atoms with Crippen molar-refractivity contribution in [3.05, 3.63) is 157 Å². The summed E-state index contributed by atoms with van der Waals surface area (Å²) in [4.78, 5) is 0. The molecule has 8 aromatic rings. The zero-order valence-electron chi connectivity index (χ0n) is 22.9. The van der Waals surface area contributed by atoms with Gasteiger partial charge in [-0.2, -0.15) is 0 Å². The third-order valence-corrected chi connectivity index (χ3v) is 8.55. The summed E-state index contributed by atoms with van der Waals surface area (Å²) in [5.74, 6) is 0. The third kappa shape index (κ3) is 3.91. The maximum Gasteiger partial charge on any atom is -0.00203 e. The normalized spacial score (nSPS) is 11.5. The molecule has 0 fully saturated rings. The quantitative estimate of drug-likeness (QED) is 0.202. The predicted molar refractivity (Wildman–Crippen MR) is 177 cm³/mol. The van der Waals surface area contributed by atoms with Gasteiger partial charge in [0.25, 0.3) is 0 Å². The third-order valence-electron chi connectivity index (χ3n) is 8.55. The van der Waals surface area contributed by atoms with Gasteiger partial charge in [0.15, 0.2) is 0 Å². The molecule has 8 aromatic carbocycles. The molecule has 0 aliphatic carbocycles. The molecule has 0 aliphatic rings. The largest absolute Gasteiger partial charge is 0.0622 e. The van der Waals surface area contributed by atoms with Crippen LogP contribution in [0.15, 0.2) is 152 Å². The Morgan fingerprint density at radius 1 is 0.293 bits per heavy atom. The van der Waals surface area contributed by atoms with Crippen molar-refractivity contribution < 1.29 is 0 Å². The lowest BCUT2D eigenvalue weighted by Crippen LogP contribution is -1.91. The highest BCUT2D eigenvalue weighted by Gasteiger charge is 2.16. The Hall–Kier alpha value is -5.20. The Bertz CT molecular complexity index is 2170. The van der Waals surface area contributed by atoms with Crippen molar-refractivity contribution in [1.29, 1.82) is 0 Å². The van der Waals surface area contributed by atoms with Crippen LogP contribution in [0.2, 0.25) is 0 Å². The van der Waals surface area contributed by atoms with E-state index in [1.807, 2.05) is 0 Å². The minimum Gasteiger partial charge on any atom is -0.0622 e. The topological polar surface area (TPSA) is 0 Å². The fraction of sp³-hybridized carbons (Fsp3) is 0.0244. The highest BCUT2D eigenvalue weighted by Crippen LogP contribution is 2.44. The van der Waals surface area contributed by atoms with Crippen LogP contribution in [0, 0.1) is 6.92 Å². The molecule has 0 saturated heterocycles. The zero-order chi connectivity index (χ0) is 27.3. The van der Waals surface area contributed by atoms with Gasteiger partial charge in [-0.3, -0.25) is 0 Å². The summed E-state index contributed by atoms with van der Waals surface area (Å²) in [5.41, 5.74) is 11.3. The first kappa shape index (κ1) is 23.7. The van der Waals surface area contributed by atoms with Crippen LogP contribution in [0.3, 0.4) is 0 Å². The Morgan fingerprint density at radius 3 is 1.44 bits per heavy atom. The number of benzene rings is 8. The lowest BCUT2D eigenvalue weighted by molar-refractivity contribution is 1.47. The standard InChI is InChI=1S/C41H28/c1-27-11-13-30(14-12-27)35-23-19-32-22-26-39-37(24-20-33-21-25-38(35)40(32)41(33)39)36-10-6-5-9-34(36)31-17-15-29(16-18-31)28-7-3-2-4-8-28/h2-26H,1H3. The van der Waals surface area contributed by atoms with Crippen molar-refractivity contribution in [3.8, 4) is 44.5 Å². The number of hydrogen-bond acceptors (Lipinski definition) is 0. The van der Waals surface area contributed by atoms with E-state index in [2.05, 4.69) is 159 Å². The summed E-state index contributed by atoms with van der Waals surface area (Å²) in [6.07, 6.45) is 0. The molecular weight excluding hydrogens is 492 g/mol. The maximum atomic E-state index is 2.32. The summed E-state index contributed by atoms with van der Waals surface area (Å²) >= 11 is 0. The molecule has 0 aromatic heterocycles. The summed E-state index contributed by atoms with van der Waals surface area (Å²) in [7, 11) is 0. The first-order valence-corrected chi connectivity index (χ1v) is 14.3. The molecule has 192 valence electrons. The smallest absolute Gasteiger partial charge is 0.00203 e. The Labute approximate surface area is 240 Å². The monoisotopic (exact) mass is 520 g/mol. The maximum absolute atomic E-state index is 2.32. The van der Waals surface area contributed by atoms with E-state index in [-0.39, 0.29) is 0 Å². The summed E-state index contributed by atoms with van der Waals surface area (Å²) in [6, 6.07) is 55.6. The molecule has 0 nitrogen and oxygen atoms in total. The van der Waals surface area contributed by atoms with Crippen molar-refractivity contribution in [1.82, 2.24) is 0 Å². The molecule has 0 saturated carbocycles. The first-order chi connectivity index (χ1) is 20.2. The lowest BCUT2D eigenvalue weighted by atomic mass is 9.85. The number of rotatable bonds is 4. The van der Waals surface area contributed by atoms with Crippen molar-refractivity contribution in [2.75, 3.05) is 0 Å². The second-order valence-electron chi connectivity index (χ2n) is 11.0. The van der Waals surface area contributed by atoms with E-state index in [1.54, 1.807) is 0 Å². The Kier molecular flexibility index (Phi) is 5.47. The molecule has 0 bridgehead atoms. The van der Waals surface area contributed by atoms with Crippen molar-refractivity contribution in [3.63, 3.8) is 0 Å². The van der Waals surface area contributed by atoms with Gasteiger partial charge in [-0.25, -0.2) is 0 Å². The summed E-state index contributed by atoms with van der Waals surface area (Å²) < 4.78 is 0. The molecule has 8 rings (SSSR count). The molecule has 0 heterocycles. The van der Waals surface area contributed by atoms with Crippen LogP contribution in [0.4, 0.5) is 0 Å². The van der Waals surface area contributed by atoms with E-state index in [0.29, 0.717) is 0 Å². The Morgan fingerprint density at radius 2 is 0.756 bits per heavy atom. The lowest BCUT2D eigenvalue weighted by Gasteiger charge is -2.18. The molecule has 41 heavy (non-hydrogen) atoms. The SMILES string of the molecule is Cc1ccc(-c2ccc3ccc4c(-c5ccccc5-c5ccc(-c6ccccc6)cc5)ccc5ccc2c3c54)cc1.